The van der Waals surface area contributed by atoms with Gasteiger partial charge in [0.25, 0.3) is 0 Å². The zero-order valence-corrected chi connectivity index (χ0v) is 39.7. The summed E-state index contributed by atoms with van der Waals surface area (Å²) in [5, 5.41) is 7.85. The maximum Gasteiger partial charge on any atom is 0.794 e. The van der Waals surface area contributed by atoms with Crippen molar-refractivity contribution in [2.24, 2.45) is 0 Å². The molecule has 11 aromatic carbocycles. The van der Waals surface area contributed by atoms with Crippen molar-refractivity contribution in [2.45, 2.75) is 0 Å². The number of hydrogen-bond donors (Lipinski definition) is 0. The molecule has 0 bridgehead atoms. The molecule has 0 aliphatic rings. The van der Waals surface area contributed by atoms with Gasteiger partial charge in [-0.1, -0.05) is 170 Å². The van der Waals surface area contributed by atoms with E-state index in [0.29, 0.717) is 34.5 Å². The summed E-state index contributed by atoms with van der Waals surface area (Å²) in [6.07, 6.45) is 0. The highest BCUT2D eigenvalue weighted by molar-refractivity contribution is 6.72. The van der Waals surface area contributed by atoms with Crippen molar-refractivity contribution in [3.05, 3.63) is 266 Å². The zero-order valence-electron chi connectivity index (χ0n) is 37.7. The van der Waals surface area contributed by atoms with Gasteiger partial charge in [0, 0.05) is 22.2 Å². The number of para-hydroxylation sites is 6. The molecule has 0 amide bonds. The fourth-order valence-electron chi connectivity index (χ4n) is 8.30. The van der Waals surface area contributed by atoms with Gasteiger partial charge in [0.15, 0.2) is 0 Å². The van der Waals surface area contributed by atoms with Gasteiger partial charge in [-0.15, -0.1) is 0 Å². The van der Waals surface area contributed by atoms with E-state index in [0.717, 1.165) is 54.2 Å². The largest absolute Gasteiger partial charge is 0.794 e. The Hall–Kier alpha value is -9.19. The first-order valence-electron chi connectivity index (χ1n) is 22.9. The van der Waals surface area contributed by atoms with Crippen LogP contribution in [0.4, 0.5) is 0 Å². The highest BCUT2D eigenvalue weighted by atomic mass is 28.4. The zero-order chi connectivity index (χ0) is 47.0. The second kappa shape index (κ2) is 19.6. The van der Waals surface area contributed by atoms with Crippen LogP contribution in [0.25, 0.3) is 43.1 Å². The van der Waals surface area contributed by atoms with Gasteiger partial charge in [-0.05, 0) is 140 Å². The average Bonchev–Trinajstić information content (AvgIpc) is 3.40. The fourth-order valence-corrected chi connectivity index (χ4v) is 12.1. The Balaban J connectivity index is 1.18. The van der Waals surface area contributed by atoms with Crippen molar-refractivity contribution in [3.8, 4) is 57.4 Å². The Labute approximate surface area is 408 Å². The number of benzene rings is 11. The molecule has 0 aromatic heterocycles. The maximum absolute atomic E-state index is 6.88. The normalized spacial score (nSPS) is 11.2. The van der Waals surface area contributed by atoms with Crippen molar-refractivity contribution in [2.75, 3.05) is 0 Å². The summed E-state index contributed by atoms with van der Waals surface area (Å²) >= 11 is 0. The van der Waals surface area contributed by atoms with Crippen LogP contribution in [0.15, 0.2) is 255 Å². The van der Waals surface area contributed by atoms with E-state index in [1.807, 2.05) is 194 Å². The monoisotopic (exact) mass is 938 g/mol. The molecule has 334 valence electrons. The highest BCUT2D eigenvalue weighted by Gasteiger charge is 2.50. The van der Waals surface area contributed by atoms with Gasteiger partial charge in [0.05, 0.1) is 0 Å². The molecule has 11 rings (SSSR count). The van der Waals surface area contributed by atoms with Gasteiger partial charge in [-0.25, -0.2) is 0 Å². The number of hydrogen-bond acceptors (Lipinski definition) is 6. The predicted molar refractivity (Wildman–Crippen MR) is 284 cm³/mol. The van der Waals surface area contributed by atoms with E-state index in [9.17, 15) is 0 Å². The third-order valence-corrected chi connectivity index (χ3v) is 15.4. The van der Waals surface area contributed by atoms with Crippen molar-refractivity contribution in [1.29, 1.82) is 0 Å². The molecule has 0 unspecified atom stereocenters. The predicted octanol–water partition coefficient (Wildman–Crippen LogP) is 14.4. The van der Waals surface area contributed by atoms with Gasteiger partial charge in [-0.3, -0.25) is 0 Å². The lowest BCUT2D eigenvalue weighted by Gasteiger charge is -2.26. The van der Waals surface area contributed by atoms with E-state index >= 15 is 0 Å². The molecule has 0 aliphatic carbocycles. The van der Waals surface area contributed by atoms with E-state index in [4.69, 9.17) is 26.6 Å². The Kier molecular flexibility index (Phi) is 12.1. The smallest absolute Gasteiger partial charge is 0.474 e. The first-order valence-corrected chi connectivity index (χ1v) is 26.3. The van der Waals surface area contributed by atoms with Crippen molar-refractivity contribution < 1.29 is 26.6 Å². The van der Waals surface area contributed by atoms with E-state index < -0.39 is 17.6 Å². The Morgan fingerprint density at radius 3 is 0.743 bits per heavy atom. The van der Waals surface area contributed by atoms with Gasteiger partial charge in [0.2, 0.25) is 0 Å². The molecular formula is C62H42O6Si2. The molecule has 70 heavy (non-hydrogen) atoms. The molecule has 0 saturated carbocycles. The summed E-state index contributed by atoms with van der Waals surface area (Å²) in [7, 11) is -8.13. The molecule has 0 aliphatic heterocycles. The van der Waals surface area contributed by atoms with Crippen LogP contribution in [-0.2, 0) is 0 Å². The number of rotatable bonds is 12. The molecule has 0 spiro atoms. The minimum atomic E-state index is -4.06. The summed E-state index contributed by atoms with van der Waals surface area (Å²) in [6.45, 7) is 0. The van der Waals surface area contributed by atoms with Gasteiger partial charge >= 0.3 is 17.6 Å². The summed E-state index contributed by atoms with van der Waals surface area (Å²) in [5.74, 6) is 10.7. The van der Waals surface area contributed by atoms with Crippen LogP contribution in [0.1, 0.15) is 11.1 Å². The van der Waals surface area contributed by atoms with Crippen LogP contribution in [0, 0.1) is 22.9 Å². The topological polar surface area (TPSA) is 55.4 Å². The second-order valence-corrected chi connectivity index (χ2v) is 20.3. The molecular weight excluding hydrogens is 897 g/mol. The van der Waals surface area contributed by atoms with Crippen LogP contribution in [-0.4, -0.2) is 17.6 Å². The Bertz CT molecular complexity index is 3280. The van der Waals surface area contributed by atoms with Crippen molar-refractivity contribution >= 4 is 60.7 Å². The molecule has 0 saturated heterocycles. The SMILES string of the molecule is C(#C[Si](Oc1ccccc1)(Oc1ccccc1)Oc1ccccc1)c1c2ccccc2c(C#C[Si](Oc2ccccc2)(Oc2ccccc2)Oc2ccccc2)c2cc3cc4ccccc4cc3cc12. The average molecular weight is 939 g/mol. The quantitative estimate of drug-likeness (QED) is 0.0691. The maximum atomic E-state index is 6.88. The summed E-state index contributed by atoms with van der Waals surface area (Å²) in [5.41, 5.74) is 8.62. The van der Waals surface area contributed by atoms with E-state index in [2.05, 4.69) is 83.6 Å². The summed E-state index contributed by atoms with van der Waals surface area (Å²) in [4.78, 5) is 0. The molecule has 0 N–H and O–H groups in total. The third kappa shape index (κ3) is 9.64. The minimum absolute atomic E-state index is 0.564. The standard InChI is InChI=1S/C62H42O6Si2/c1-7-25-51(26-8-1)63-69(64-52-27-9-2-10-28-52,65-53-29-11-3-12-30-53)41-39-59-57-37-21-22-38-58(57)60(62-46-50-44-48-24-20-19-23-47(48)43-49(50)45-61(59)62)40-42-70(66-54-31-13-4-14-32-54,67-55-33-15-5-16-34-55)68-56-35-17-6-18-36-56/h1-38,43-46H. The van der Waals surface area contributed by atoms with Gasteiger partial charge < -0.3 is 26.6 Å². The van der Waals surface area contributed by atoms with E-state index in [1.165, 1.54) is 0 Å². The van der Waals surface area contributed by atoms with Crippen molar-refractivity contribution in [3.63, 3.8) is 0 Å². The fraction of sp³-hybridized carbons (Fsp3) is 0. The van der Waals surface area contributed by atoms with Crippen molar-refractivity contribution in [1.82, 2.24) is 0 Å². The lowest BCUT2D eigenvalue weighted by Crippen LogP contribution is -2.54. The minimum Gasteiger partial charge on any atom is -0.474 e. The van der Waals surface area contributed by atoms with Gasteiger partial charge in [0.1, 0.15) is 34.5 Å². The molecule has 0 heterocycles. The van der Waals surface area contributed by atoms with E-state index in [-0.39, 0.29) is 0 Å². The van der Waals surface area contributed by atoms with Crippen LogP contribution in [0.3, 0.4) is 0 Å². The lowest BCUT2D eigenvalue weighted by molar-refractivity contribution is 0.282. The lowest BCUT2D eigenvalue weighted by atomic mass is 9.90. The molecule has 0 radical (unpaired) electrons. The molecule has 11 aromatic rings. The van der Waals surface area contributed by atoms with Crippen LogP contribution in [0.2, 0.25) is 0 Å². The van der Waals surface area contributed by atoms with E-state index in [1.54, 1.807) is 0 Å². The summed E-state index contributed by atoms with van der Waals surface area (Å²) in [6, 6.07) is 82.7. The number of fused-ring (bicyclic) bond motifs is 4. The molecule has 0 fully saturated rings. The van der Waals surface area contributed by atoms with Crippen LogP contribution >= 0.6 is 0 Å². The van der Waals surface area contributed by atoms with Crippen LogP contribution < -0.4 is 26.6 Å². The third-order valence-electron chi connectivity index (χ3n) is 11.5. The second-order valence-electron chi connectivity index (χ2n) is 16.3. The summed E-state index contributed by atoms with van der Waals surface area (Å²) < 4.78 is 41.3. The van der Waals surface area contributed by atoms with Crippen LogP contribution in [0.5, 0.6) is 34.5 Å². The first kappa shape index (κ1) is 43.4. The molecule has 6 nitrogen and oxygen atoms in total. The molecule has 0 atom stereocenters. The van der Waals surface area contributed by atoms with Gasteiger partial charge in [-0.2, -0.15) is 0 Å². The Morgan fingerprint density at radius 2 is 0.471 bits per heavy atom. The Morgan fingerprint density at radius 1 is 0.229 bits per heavy atom. The first-order chi connectivity index (χ1) is 34.6. The molecule has 8 heteroatoms. The highest BCUT2D eigenvalue weighted by Crippen LogP contribution is 2.37.